The van der Waals surface area contributed by atoms with Crippen molar-refractivity contribution in [2.24, 2.45) is 0 Å². The monoisotopic (exact) mass is 410 g/mol. The van der Waals surface area contributed by atoms with Gasteiger partial charge in [0.15, 0.2) is 9.84 Å². The summed E-state index contributed by atoms with van der Waals surface area (Å²) in [6.45, 7) is 1.82. The van der Waals surface area contributed by atoms with Crippen LogP contribution in [0.25, 0.3) is 0 Å². The van der Waals surface area contributed by atoms with Gasteiger partial charge in [0.2, 0.25) is 5.91 Å². The molecule has 0 unspecified atom stereocenters. The van der Waals surface area contributed by atoms with Gasteiger partial charge in [-0.25, -0.2) is 8.42 Å². The van der Waals surface area contributed by atoms with Crippen molar-refractivity contribution in [3.63, 3.8) is 0 Å². The van der Waals surface area contributed by atoms with E-state index in [0.717, 1.165) is 22.9 Å². The Balaban J connectivity index is 0.00000242. The van der Waals surface area contributed by atoms with Crippen molar-refractivity contribution in [1.82, 2.24) is 0 Å². The Morgan fingerprint density at radius 2 is 1.95 bits per heavy atom. The van der Waals surface area contributed by atoms with E-state index in [1.807, 2.05) is 13.0 Å². The first-order valence-corrected chi connectivity index (χ1v) is 9.37. The predicted octanol–water partition coefficient (Wildman–Crippen LogP) is 3.06. The number of benzene rings is 1. The summed E-state index contributed by atoms with van der Waals surface area (Å²) in [6.07, 6.45) is 3.16. The number of rotatable bonds is 4. The van der Waals surface area contributed by atoms with E-state index in [2.05, 4.69) is 21.2 Å². The number of nitrogens with one attached hydrogen (secondary N) is 1. The molecule has 0 saturated heterocycles. The number of hydrogen-bond acceptors (Lipinski definition) is 4. The van der Waals surface area contributed by atoms with Crippen molar-refractivity contribution in [2.75, 3.05) is 16.8 Å². The van der Waals surface area contributed by atoms with Crippen molar-refractivity contribution in [1.29, 1.82) is 0 Å². The van der Waals surface area contributed by atoms with E-state index in [0.29, 0.717) is 24.2 Å². The molecule has 0 aromatic heterocycles. The second kappa shape index (κ2) is 7.66. The molecule has 124 valence electrons. The third kappa shape index (κ3) is 4.60. The Morgan fingerprint density at radius 1 is 1.36 bits per heavy atom. The zero-order chi connectivity index (χ0) is 15.6. The largest absolute Gasteiger partial charge is 0.397 e. The highest BCUT2D eigenvalue weighted by Gasteiger charge is 2.30. The number of nitrogen functional groups attached to an aromatic ring is 1. The van der Waals surface area contributed by atoms with Gasteiger partial charge >= 0.3 is 0 Å². The molecule has 1 aliphatic rings. The van der Waals surface area contributed by atoms with Gasteiger partial charge in [0.1, 0.15) is 5.75 Å². The number of halogens is 2. The van der Waals surface area contributed by atoms with Gasteiger partial charge in [-0.1, -0.05) is 28.8 Å². The minimum absolute atomic E-state index is 0. The summed E-state index contributed by atoms with van der Waals surface area (Å²) in [5.74, 6) is -1.02. The molecule has 0 atom stereocenters. The van der Waals surface area contributed by atoms with Crippen molar-refractivity contribution in [2.45, 2.75) is 37.9 Å². The van der Waals surface area contributed by atoms with E-state index in [1.165, 1.54) is 0 Å². The summed E-state index contributed by atoms with van der Waals surface area (Å²) in [6, 6.07) is 3.50. The Bertz CT molecular complexity index is 658. The highest BCUT2D eigenvalue weighted by molar-refractivity contribution is 9.10. The first-order chi connectivity index (χ1) is 9.79. The number of anilines is 2. The Morgan fingerprint density at radius 3 is 2.55 bits per heavy atom. The summed E-state index contributed by atoms with van der Waals surface area (Å²) in [4.78, 5) is 12.0. The highest BCUT2D eigenvalue weighted by Crippen LogP contribution is 2.28. The summed E-state index contributed by atoms with van der Waals surface area (Å²) in [5, 5.41) is 2.23. The maximum Gasteiger partial charge on any atom is 0.239 e. The molecule has 1 amide bonds. The predicted molar refractivity (Wildman–Crippen MR) is 95.2 cm³/mol. The molecule has 0 spiro atoms. The fourth-order valence-corrected chi connectivity index (χ4v) is 4.89. The van der Waals surface area contributed by atoms with Gasteiger partial charge in [-0.15, -0.1) is 12.4 Å². The van der Waals surface area contributed by atoms with Crippen LogP contribution in [0.15, 0.2) is 16.6 Å². The van der Waals surface area contributed by atoms with Gasteiger partial charge in [-0.3, -0.25) is 4.79 Å². The summed E-state index contributed by atoms with van der Waals surface area (Å²) >= 11 is 3.33. The molecule has 1 aliphatic carbocycles. The van der Waals surface area contributed by atoms with Gasteiger partial charge in [-0.2, -0.15) is 0 Å². The molecule has 1 fully saturated rings. The Hall–Kier alpha value is -0.790. The number of amides is 1. The van der Waals surface area contributed by atoms with Crippen LogP contribution in [-0.2, 0) is 14.6 Å². The van der Waals surface area contributed by atoms with Gasteiger partial charge in [0.05, 0.1) is 16.6 Å². The highest BCUT2D eigenvalue weighted by atomic mass is 79.9. The zero-order valence-electron chi connectivity index (χ0n) is 12.3. The molecule has 5 nitrogen and oxygen atoms in total. The second-order valence-corrected chi connectivity index (χ2v) is 8.64. The molecular weight excluding hydrogens is 392 g/mol. The van der Waals surface area contributed by atoms with E-state index in [9.17, 15) is 13.2 Å². The number of hydrogen-bond donors (Lipinski definition) is 2. The van der Waals surface area contributed by atoms with Gasteiger partial charge < -0.3 is 11.1 Å². The standard InChI is InChI=1S/C14H19BrN2O3S.ClH/c1-9-6-10(15)7-12(14(9)16)17-13(18)8-21(19,20)11-4-2-3-5-11;/h6-7,11H,2-5,8,16H2,1H3,(H,17,18);1H. The molecule has 2 rings (SSSR count). The summed E-state index contributed by atoms with van der Waals surface area (Å²) in [5.41, 5.74) is 7.61. The number of aryl methyl sites for hydroxylation is 1. The molecule has 8 heteroatoms. The SMILES string of the molecule is Cc1cc(Br)cc(NC(=O)CS(=O)(=O)C2CCCC2)c1N.Cl. The average molecular weight is 412 g/mol. The van der Waals surface area contributed by atoms with Crippen molar-refractivity contribution in [3.8, 4) is 0 Å². The third-order valence-corrected chi connectivity index (χ3v) is 6.38. The smallest absolute Gasteiger partial charge is 0.239 e. The minimum atomic E-state index is -3.38. The van der Waals surface area contributed by atoms with Crippen LogP contribution in [0, 0.1) is 6.92 Å². The van der Waals surface area contributed by atoms with E-state index in [1.54, 1.807) is 6.07 Å². The molecule has 0 heterocycles. The molecule has 0 radical (unpaired) electrons. The van der Waals surface area contributed by atoms with E-state index in [4.69, 9.17) is 5.73 Å². The minimum Gasteiger partial charge on any atom is -0.397 e. The number of carbonyl (C=O) groups excluding carboxylic acids is 1. The Kier molecular flexibility index (Phi) is 6.70. The summed E-state index contributed by atoms with van der Waals surface area (Å²) < 4.78 is 25.1. The number of nitrogens with two attached hydrogens (primary N) is 1. The van der Waals surface area contributed by atoms with Gasteiger partial charge in [0, 0.05) is 4.47 Å². The van der Waals surface area contributed by atoms with Crippen LogP contribution < -0.4 is 11.1 Å². The maximum absolute atomic E-state index is 12.2. The lowest BCUT2D eigenvalue weighted by Crippen LogP contribution is -2.29. The van der Waals surface area contributed by atoms with Crippen LogP contribution >= 0.6 is 28.3 Å². The van der Waals surface area contributed by atoms with Crippen LogP contribution in [0.5, 0.6) is 0 Å². The van der Waals surface area contributed by atoms with Crippen molar-refractivity contribution < 1.29 is 13.2 Å². The number of sulfone groups is 1. The average Bonchev–Trinajstić information content (AvgIpc) is 2.89. The first-order valence-electron chi connectivity index (χ1n) is 6.86. The lowest BCUT2D eigenvalue weighted by Gasteiger charge is -2.13. The van der Waals surface area contributed by atoms with Crippen LogP contribution in [-0.4, -0.2) is 25.3 Å². The molecule has 1 aromatic rings. The zero-order valence-corrected chi connectivity index (χ0v) is 15.5. The quantitative estimate of drug-likeness (QED) is 0.745. The fraction of sp³-hybridized carbons (Fsp3) is 0.500. The first kappa shape index (κ1) is 19.3. The van der Waals surface area contributed by atoms with Crippen molar-refractivity contribution >= 4 is 55.5 Å². The third-order valence-electron chi connectivity index (χ3n) is 3.77. The van der Waals surface area contributed by atoms with Gasteiger partial charge in [-0.05, 0) is 37.5 Å². The van der Waals surface area contributed by atoms with E-state index < -0.39 is 21.5 Å². The molecule has 1 aromatic carbocycles. The van der Waals surface area contributed by atoms with Crippen molar-refractivity contribution in [3.05, 3.63) is 22.2 Å². The van der Waals surface area contributed by atoms with E-state index in [-0.39, 0.29) is 17.7 Å². The van der Waals surface area contributed by atoms with Crippen LogP contribution in [0.4, 0.5) is 11.4 Å². The molecule has 1 saturated carbocycles. The topological polar surface area (TPSA) is 89.3 Å². The second-order valence-electron chi connectivity index (χ2n) is 5.45. The van der Waals surface area contributed by atoms with Crippen LogP contribution in [0.1, 0.15) is 31.2 Å². The van der Waals surface area contributed by atoms with Crippen LogP contribution in [0.3, 0.4) is 0 Å². The lowest BCUT2D eigenvalue weighted by molar-refractivity contribution is -0.113. The molecule has 0 bridgehead atoms. The molecule has 3 N–H and O–H groups in total. The molecule has 22 heavy (non-hydrogen) atoms. The fourth-order valence-electron chi connectivity index (χ4n) is 2.59. The molecule has 0 aliphatic heterocycles. The number of carbonyl (C=O) groups is 1. The summed E-state index contributed by atoms with van der Waals surface area (Å²) in [7, 11) is -3.38. The lowest BCUT2D eigenvalue weighted by atomic mass is 10.2. The maximum atomic E-state index is 12.2. The Labute approximate surface area is 145 Å². The van der Waals surface area contributed by atoms with Gasteiger partial charge in [0.25, 0.3) is 0 Å². The van der Waals surface area contributed by atoms with Crippen LogP contribution in [0.2, 0.25) is 0 Å². The molecular formula is C14H20BrClN2O3S. The van der Waals surface area contributed by atoms with E-state index >= 15 is 0 Å². The normalized spacial score (nSPS) is 15.4.